The van der Waals surface area contributed by atoms with Crippen LogP contribution in [0.4, 0.5) is 11.4 Å². The van der Waals surface area contributed by atoms with E-state index in [2.05, 4.69) is 10.3 Å². The van der Waals surface area contributed by atoms with Crippen LogP contribution >= 0.6 is 34.7 Å². The first-order valence-electron chi connectivity index (χ1n) is 9.25. The minimum absolute atomic E-state index is 0.0178. The highest BCUT2D eigenvalue weighted by Gasteiger charge is 2.17. The third-order valence-corrected chi connectivity index (χ3v) is 6.84. The quantitative estimate of drug-likeness (QED) is 0.179. The van der Waals surface area contributed by atoms with E-state index in [1.165, 1.54) is 34.1 Å². The average molecular weight is 487 g/mol. The summed E-state index contributed by atoms with van der Waals surface area (Å²) in [7, 11) is 1.62. The van der Waals surface area contributed by atoms with Gasteiger partial charge in [0.05, 0.1) is 26.8 Å². The normalized spacial score (nSPS) is 10.9. The number of nitrogens with zero attached hydrogens (tertiary/aromatic N) is 3. The fraction of sp³-hybridized carbons (Fsp3) is 0.0952. The summed E-state index contributed by atoms with van der Waals surface area (Å²) in [4.78, 5) is 40.8. The molecule has 0 saturated carbocycles. The first-order chi connectivity index (χ1) is 15.3. The van der Waals surface area contributed by atoms with E-state index in [-0.39, 0.29) is 33.6 Å². The molecule has 0 aliphatic carbocycles. The van der Waals surface area contributed by atoms with Gasteiger partial charge in [-0.25, -0.2) is 4.98 Å². The molecule has 2 heterocycles. The maximum atomic E-state index is 13.0. The number of amides is 1. The van der Waals surface area contributed by atoms with E-state index in [0.29, 0.717) is 15.4 Å². The highest BCUT2D eigenvalue weighted by molar-refractivity contribution is 7.99. The molecule has 0 aliphatic rings. The molecule has 1 amide bonds. The summed E-state index contributed by atoms with van der Waals surface area (Å²) in [5.41, 5.74) is 1.70. The van der Waals surface area contributed by atoms with Gasteiger partial charge in [-0.15, -0.1) is 11.3 Å². The number of nitrogens with one attached hydrogen (secondary N) is 1. The maximum Gasteiger partial charge on any atom is 0.271 e. The number of anilines is 1. The van der Waals surface area contributed by atoms with Gasteiger partial charge in [0.25, 0.3) is 11.2 Å². The number of thioether (sulfide) groups is 1. The number of fused-ring (bicyclic) bond motifs is 1. The third kappa shape index (κ3) is 4.38. The van der Waals surface area contributed by atoms with Crippen molar-refractivity contribution in [3.63, 3.8) is 0 Å². The van der Waals surface area contributed by atoms with Crippen molar-refractivity contribution >= 4 is 62.2 Å². The van der Waals surface area contributed by atoms with Crippen LogP contribution in [0.25, 0.3) is 21.3 Å². The molecule has 2 aromatic heterocycles. The molecule has 1 N–H and O–H groups in total. The highest BCUT2D eigenvalue weighted by atomic mass is 35.5. The number of aromatic nitrogens is 2. The number of carbonyl (C=O) groups excluding carboxylic acids is 1. The molecule has 0 bridgehead atoms. The molecule has 4 rings (SSSR count). The molecule has 0 aliphatic heterocycles. The lowest BCUT2D eigenvalue weighted by molar-refractivity contribution is -0.384. The van der Waals surface area contributed by atoms with Gasteiger partial charge in [-0.05, 0) is 11.6 Å². The number of benzene rings is 2. The number of rotatable bonds is 6. The molecule has 0 unspecified atom stereocenters. The lowest BCUT2D eigenvalue weighted by atomic mass is 10.1. The van der Waals surface area contributed by atoms with Crippen LogP contribution in [-0.4, -0.2) is 26.1 Å². The molecule has 32 heavy (non-hydrogen) atoms. The molecule has 0 fully saturated rings. The zero-order chi connectivity index (χ0) is 22.8. The summed E-state index contributed by atoms with van der Waals surface area (Å²) in [6, 6.07) is 13.4. The van der Waals surface area contributed by atoms with Gasteiger partial charge < -0.3 is 5.32 Å². The summed E-state index contributed by atoms with van der Waals surface area (Å²) in [5, 5.41) is 16.4. The fourth-order valence-corrected chi connectivity index (χ4v) is 5.03. The van der Waals surface area contributed by atoms with Crippen molar-refractivity contribution < 1.29 is 9.72 Å². The second kappa shape index (κ2) is 9.11. The first kappa shape index (κ1) is 22.0. The Labute approximate surface area is 195 Å². The van der Waals surface area contributed by atoms with Crippen molar-refractivity contribution in [2.24, 2.45) is 7.05 Å². The number of halogens is 1. The summed E-state index contributed by atoms with van der Waals surface area (Å²) in [6.45, 7) is 0. The van der Waals surface area contributed by atoms with Crippen molar-refractivity contribution in [2.45, 2.75) is 5.16 Å². The van der Waals surface area contributed by atoms with Crippen molar-refractivity contribution in [2.75, 3.05) is 11.1 Å². The largest absolute Gasteiger partial charge is 0.324 e. The van der Waals surface area contributed by atoms with Gasteiger partial charge in [-0.2, -0.15) is 0 Å². The number of carbonyl (C=O) groups is 1. The van der Waals surface area contributed by atoms with E-state index in [1.54, 1.807) is 7.05 Å². The smallest absolute Gasteiger partial charge is 0.271 e. The van der Waals surface area contributed by atoms with Crippen LogP contribution in [0.5, 0.6) is 0 Å². The SMILES string of the molecule is Cn1c(SCC(=O)Nc2ccc([N+](=O)[O-])cc2Cl)nc2scc(-c3ccccc3)c2c1=O. The number of thiophene rings is 1. The van der Waals surface area contributed by atoms with Crippen LogP contribution in [0.3, 0.4) is 0 Å². The Morgan fingerprint density at radius 3 is 2.72 bits per heavy atom. The third-order valence-electron chi connectivity index (χ3n) is 4.63. The van der Waals surface area contributed by atoms with Crippen LogP contribution in [0, 0.1) is 10.1 Å². The fourth-order valence-electron chi connectivity index (χ4n) is 3.05. The van der Waals surface area contributed by atoms with E-state index in [9.17, 15) is 19.7 Å². The van der Waals surface area contributed by atoms with Crippen LogP contribution in [0.1, 0.15) is 0 Å². The van der Waals surface area contributed by atoms with E-state index >= 15 is 0 Å². The summed E-state index contributed by atoms with van der Waals surface area (Å²) >= 11 is 8.51. The van der Waals surface area contributed by atoms with Gasteiger partial charge in [-0.3, -0.25) is 24.3 Å². The molecule has 0 radical (unpaired) electrons. The van der Waals surface area contributed by atoms with Gasteiger partial charge in [0.2, 0.25) is 5.91 Å². The van der Waals surface area contributed by atoms with Gasteiger partial charge >= 0.3 is 0 Å². The lowest BCUT2D eigenvalue weighted by Crippen LogP contribution is -2.21. The van der Waals surface area contributed by atoms with Crippen molar-refractivity contribution in [3.8, 4) is 11.1 Å². The highest BCUT2D eigenvalue weighted by Crippen LogP contribution is 2.32. The van der Waals surface area contributed by atoms with Crippen molar-refractivity contribution in [1.82, 2.24) is 9.55 Å². The zero-order valence-corrected chi connectivity index (χ0v) is 19.0. The zero-order valence-electron chi connectivity index (χ0n) is 16.6. The van der Waals surface area contributed by atoms with E-state index < -0.39 is 4.92 Å². The van der Waals surface area contributed by atoms with Crippen LogP contribution in [0.2, 0.25) is 5.02 Å². The van der Waals surface area contributed by atoms with Crippen LogP contribution < -0.4 is 10.9 Å². The number of nitro groups is 1. The monoisotopic (exact) mass is 486 g/mol. The van der Waals surface area contributed by atoms with Gasteiger partial charge in [0.15, 0.2) is 5.16 Å². The second-order valence-electron chi connectivity index (χ2n) is 6.71. The molecule has 11 heteroatoms. The minimum atomic E-state index is -0.566. The number of non-ortho nitro benzene ring substituents is 1. The predicted octanol–water partition coefficient (Wildman–Crippen LogP) is 4.95. The molecule has 2 aromatic carbocycles. The summed E-state index contributed by atoms with van der Waals surface area (Å²) in [6.07, 6.45) is 0. The maximum absolute atomic E-state index is 13.0. The topological polar surface area (TPSA) is 107 Å². The Kier molecular flexibility index (Phi) is 6.26. The Morgan fingerprint density at radius 2 is 2.03 bits per heavy atom. The second-order valence-corrected chi connectivity index (χ2v) is 8.92. The molecule has 162 valence electrons. The molecule has 0 atom stereocenters. The molecular formula is C21H15ClN4O4S2. The lowest BCUT2D eigenvalue weighted by Gasteiger charge is -2.09. The molecule has 8 nitrogen and oxygen atoms in total. The Hall–Kier alpha value is -3.21. The van der Waals surface area contributed by atoms with Gasteiger partial charge in [0.1, 0.15) is 4.83 Å². The number of nitro benzene ring substituents is 1. The Morgan fingerprint density at radius 1 is 1.28 bits per heavy atom. The minimum Gasteiger partial charge on any atom is -0.324 e. The summed E-state index contributed by atoms with van der Waals surface area (Å²) in [5.74, 6) is -0.396. The predicted molar refractivity (Wildman–Crippen MR) is 128 cm³/mol. The van der Waals surface area contributed by atoms with Gasteiger partial charge in [-0.1, -0.05) is 53.7 Å². The Balaban J connectivity index is 1.53. The van der Waals surface area contributed by atoms with Crippen molar-refractivity contribution in [3.05, 3.63) is 79.4 Å². The Bertz CT molecular complexity index is 1400. The van der Waals surface area contributed by atoms with Gasteiger partial charge in [0, 0.05) is 30.1 Å². The number of hydrogen-bond acceptors (Lipinski definition) is 7. The molecule has 0 saturated heterocycles. The molecular weight excluding hydrogens is 472 g/mol. The first-order valence-corrected chi connectivity index (χ1v) is 11.5. The molecule has 4 aromatic rings. The number of hydrogen-bond donors (Lipinski definition) is 1. The van der Waals surface area contributed by atoms with Crippen molar-refractivity contribution in [1.29, 1.82) is 0 Å². The summed E-state index contributed by atoms with van der Waals surface area (Å²) < 4.78 is 1.43. The van der Waals surface area contributed by atoms with E-state index in [1.807, 2.05) is 35.7 Å². The van der Waals surface area contributed by atoms with E-state index in [4.69, 9.17) is 11.6 Å². The van der Waals surface area contributed by atoms with E-state index in [0.717, 1.165) is 22.9 Å². The van der Waals surface area contributed by atoms with Crippen LogP contribution in [-0.2, 0) is 11.8 Å². The standard InChI is InChI=1S/C21H15ClN4O4S2/c1-25-20(28)18-14(12-5-3-2-4-6-12)10-31-19(18)24-21(25)32-11-17(27)23-16-8-7-13(26(29)30)9-15(16)22/h2-10H,11H2,1H3,(H,23,27). The molecule has 0 spiro atoms. The average Bonchev–Trinajstić information content (AvgIpc) is 3.21. The van der Waals surface area contributed by atoms with Crippen LogP contribution in [0.15, 0.2) is 63.9 Å².